The van der Waals surface area contributed by atoms with E-state index in [2.05, 4.69) is 13.8 Å². The van der Waals surface area contributed by atoms with E-state index in [0.717, 1.165) is 12.0 Å². The molecule has 0 amide bonds. The molecule has 0 aliphatic carbocycles. The van der Waals surface area contributed by atoms with E-state index in [1.165, 1.54) is 5.56 Å². The molecule has 0 aromatic heterocycles. The van der Waals surface area contributed by atoms with E-state index in [1.807, 2.05) is 24.3 Å². The van der Waals surface area contributed by atoms with Crippen molar-refractivity contribution in [1.29, 1.82) is 0 Å². The molecule has 1 radical (unpaired) electrons. The van der Waals surface area contributed by atoms with E-state index in [4.69, 9.17) is 20.4 Å². The van der Waals surface area contributed by atoms with Gasteiger partial charge in [-0.1, -0.05) is 38.1 Å². The molecule has 105 valence electrons. The van der Waals surface area contributed by atoms with Gasteiger partial charge in [0.05, 0.1) is 5.92 Å². The van der Waals surface area contributed by atoms with Crippen molar-refractivity contribution in [1.82, 2.24) is 0 Å². The molecule has 1 aromatic carbocycles. The number of hydrogen-bond donors (Lipinski definition) is 1. The van der Waals surface area contributed by atoms with Crippen LogP contribution >= 0.6 is 0 Å². The third kappa shape index (κ3) is 7.75. The van der Waals surface area contributed by atoms with Crippen LogP contribution in [0.1, 0.15) is 37.8 Å². The van der Waals surface area contributed by atoms with Crippen LogP contribution < -0.4 is 0 Å². The van der Waals surface area contributed by atoms with Gasteiger partial charge < -0.3 is 5.11 Å². The van der Waals surface area contributed by atoms with Gasteiger partial charge in [0.25, 0.3) is 0 Å². The highest BCUT2D eigenvalue weighted by Crippen LogP contribution is 2.17. The number of carboxylic acids is 1. The Balaban J connectivity index is 0.000000711. The van der Waals surface area contributed by atoms with Crippen molar-refractivity contribution in [3.63, 3.8) is 0 Å². The molecule has 0 saturated carbocycles. The fourth-order valence-electron chi connectivity index (χ4n) is 1.56. The maximum atomic E-state index is 10.8. The van der Waals surface area contributed by atoms with Crippen LogP contribution in [0.15, 0.2) is 24.3 Å². The molecule has 1 atom stereocenters. The molecule has 0 spiro atoms. The number of carboxylic acid groups (broad SMARTS) is 1. The van der Waals surface area contributed by atoms with Crippen LogP contribution in [-0.4, -0.2) is 16.2 Å². The van der Waals surface area contributed by atoms with Crippen LogP contribution in [0.5, 0.6) is 0 Å². The lowest BCUT2D eigenvalue weighted by atomic mass is 9.97. The lowest BCUT2D eigenvalue weighted by Gasteiger charge is -2.09. The summed E-state index contributed by atoms with van der Waals surface area (Å²) >= 11 is 0. The second kappa shape index (κ2) is 8.07. The monoisotopic (exact) mass is 268 g/mol. The van der Waals surface area contributed by atoms with Gasteiger partial charge in [0.1, 0.15) is 0 Å². The first kappa shape index (κ1) is 16.9. The molecule has 0 aliphatic rings. The minimum Gasteiger partial charge on any atom is -0.481 e. The summed E-state index contributed by atoms with van der Waals surface area (Å²) in [6, 6.07) is 7.87. The molecule has 0 bridgehead atoms. The summed E-state index contributed by atoms with van der Waals surface area (Å²) in [7, 11) is 0. The lowest BCUT2D eigenvalue weighted by molar-refractivity contribution is -0.782. The zero-order chi connectivity index (χ0) is 15.0. The Hall–Kier alpha value is -2.11. The minimum absolute atomic E-state index is 0.418. The molecular formula is C13H18NO5. The van der Waals surface area contributed by atoms with E-state index < -0.39 is 17.0 Å². The van der Waals surface area contributed by atoms with Gasteiger partial charge in [-0.25, -0.2) is 0 Å². The number of nitrogens with zero attached hydrogens (tertiary/aromatic N) is 1. The smallest absolute Gasteiger partial charge is 0.322 e. The van der Waals surface area contributed by atoms with Crippen molar-refractivity contribution in [2.75, 3.05) is 0 Å². The average Bonchev–Trinajstić information content (AvgIpc) is 2.27. The molecule has 6 nitrogen and oxygen atoms in total. The third-order valence-electron chi connectivity index (χ3n) is 2.49. The average molecular weight is 268 g/mol. The molecule has 0 heterocycles. The third-order valence-corrected chi connectivity index (χ3v) is 2.49. The summed E-state index contributed by atoms with van der Waals surface area (Å²) in [4.78, 5) is 19.0. The van der Waals surface area contributed by atoms with Gasteiger partial charge in [0, 0.05) is 0 Å². The summed E-state index contributed by atoms with van der Waals surface area (Å²) in [6.07, 6.45) is 1.04. The van der Waals surface area contributed by atoms with Gasteiger partial charge in [0.15, 0.2) is 0 Å². The molecule has 0 saturated heterocycles. The Morgan fingerprint density at radius 1 is 1.26 bits per heavy atom. The summed E-state index contributed by atoms with van der Waals surface area (Å²) in [5.41, 5.74) is 2.14. The fraction of sp³-hybridized carbons (Fsp3) is 0.462. The molecule has 0 aliphatic heterocycles. The topological polar surface area (TPSA) is 100 Å². The normalized spacial score (nSPS) is 11.4. The van der Waals surface area contributed by atoms with Crippen LogP contribution in [-0.2, 0) is 16.4 Å². The number of carbonyl (C=O) groups is 1. The van der Waals surface area contributed by atoms with Crippen LogP contribution in [0, 0.1) is 16.0 Å². The quantitative estimate of drug-likeness (QED) is 0.670. The number of aliphatic carboxylic acids is 1. The fourth-order valence-corrected chi connectivity index (χ4v) is 1.56. The van der Waals surface area contributed by atoms with Crippen molar-refractivity contribution < 1.29 is 20.2 Å². The Morgan fingerprint density at radius 3 is 2.00 bits per heavy atom. The maximum absolute atomic E-state index is 10.8. The molecule has 1 N–H and O–H groups in total. The Bertz CT molecular complexity index is 410. The second-order valence-electron chi connectivity index (χ2n) is 4.62. The van der Waals surface area contributed by atoms with Gasteiger partial charge >= 0.3 is 11.1 Å². The molecule has 19 heavy (non-hydrogen) atoms. The number of rotatable bonds is 4. The second-order valence-corrected chi connectivity index (χ2v) is 4.62. The standard InChI is InChI=1S/C13H18O2.NO3/c1-9(2)8-11-4-6-12(7-5-11)10(3)13(14)15;2-1(3)4/h4-7,9-10H,8H2,1-3H3,(H,14,15);. The molecule has 1 aromatic rings. The zero-order valence-electron chi connectivity index (χ0n) is 11.2. The van der Waals surface area contributed by atoms with E-state index in [1.54, 1.807) is 6.92 Å². The first-order valence-electron chi connectivity index (χ1n) is 5.87. The van der Waals surface area contributed by atoms with Crippen LogP contribution in [0.4, 0.5) is 0 Å². The molecule has 1 rings (SSSR count). The number of hydrogen-bond acceptors (Lipinski definition) is 3. The van der Waals surface area contributed by atoms with E-state index in [-0.39, 0.29) is 0 Å². The Labute approximate surface area is 111 Å². The largest absolute Gasteiger partial charge is 0.481 e. The predicted octanol–water partition coefficient (Wildman–Crippen LogP) is 2.68. The number of benzene rings is 1. The highest BCUT2D eigenvalue weighted by molar-refractivity contribution is 5.75. The highest BCUT2D eigenvalue weighted by Gasteiger charge is 2.12. The van der Waals surface area contributed by atoms with Crippen LogP contribution in [0.25, 0.3) is 0 Å². The van der Waals surface area contributed by atoms with E-state index in [0.29, 0.717) is 5.92 Å². The SMILES string of the molecule is CC(C)Cc1ccc(C(C)C(=O)O)cc1.[O][N+](=O)[O-]. The van der Waals surface area contributed by atoms with Gasteiger partial charge in [-0.3, -0.25) is 4.79 Å². The van der Waals surface area contributed by atoms with Crippen LogP contribution in [0.2, 0.25) is 0 Å². The van der Waals surface area contributed by atoms with E-state index in [9.17, 15) is 4.79 Å². The molecule has 1 unspecified atom stereocenters. The van der Waals surface area contributed by atoms with Crippen molar-refractivity contribution in [3.8, 4) is 0 Å². The molecule has 0 fully saturated rings. The Morgan fingerprint density at radius 2 is 1.68 bits per heavy atom. The summed E-state index contributed by atoms with van der Waals surface area (Å²) < 4.78 is 0. The minimum atomic E-state index is -1.75. The summed E-state index contributed by atoms with van der Waals surface area (Å²) in [6.45, 7) is 6.06. The van der Waals surface area contributed by atoms with Gasteiger partial charge in [-0.05, 0) is 30.4 Å². The van der Waals surface area contributed by atoms with E-state index >= 15 is 0 Å². The molecule has 6 heteroatoms. The highest BCUT2D eigenvalue weighted by atomic mass is 16.9. The van der Waals surface area contributed by atoms with Gasteiger partial charge in [-0.2, -0.15) is 0 Å². The van der Waals surface area contributed by atoms with Gasteiger partial charge in [0.2, 0.25) is 0 Å². The van der Waals surface area contributed by atoms with Crippen molar-refractivity contribution in [3.05, 3.63) is 45.5 Å². The zero-order valence-corrected chi connectivity index (χ0v) is 11.2. The maximum Gasteiger partial charge on any atom is 0.322 e. The Kier molecular flexibility index (Phi) is 7.18. The van der Waals surface area contributed by atoms with Crippen molar-refractivity contribution in [2.24, 2.45) is 5.92 Å². The lowest BCUT2D eigenvalue weighted by Crippen LogP contribution is -2.07. The van der Waals surface area contributed by atoms with Crippen LogP contribution in [0.3, 0.4) is 0 Å². The van der Waals surface area contributed by atoms with Crippen molar-refractivity contribution >= 4 is 5.97 Å². The first-order valence-corrected chi connectivity index (χ1v) is 5.87. The first-order chi connectivity index (χ1) is 8.73. The summed E-state index contributed by atoms with van der Waals surface area (Å²) in [5, 5.41) is 23.6. The predicted molar refractivity (Wildman–Crippen MR) is 68.7 cm³/mol. The summed E-state index contributed by atoms with van der Waals surface area (Å²) in [5.74, 6) is -0.558. The molecular weight excluding hydrogens is 250 g/mol. The van der Waals surface area contributed by atoms with Crippen molar-refractivity contribution in [2.45, 2.75) is 33.1 Å². The van der Waals surface area contributed by atoms with Gasteiger partial charge in [-0.15, -0.1) is 15.3 Å².